The molecule has 0 unspecified atom stereocenters. The summed E-state index contributed by atoms with van der Waals surface area (Å²) in [6.07, 6.45) is 3.32. The number of hydrogen-bond acceptors (Lipinski definition) is 4. The van der Waals surface area contributed by atoms with Crippen LogP contribution in [0.1, 0.15) is 5.56 Å². The van der Waals surface area contributed by atoms with E-state index in [0.717, 1.165) is 16.5 Å². The predicted molar refractivity (Wildman–Crippen MR) is 79.4 cm³/mol. The smallest absolute Gasteiger partial charge is 0.280 e. The lowest BCUT2D eigenvalue weighted by atomic mass is 10.1. The molecular weight excluding hydrogens is 286 g/mol. The largest absolute Gasteiger partial charge is 0.391 e. The molecule has 0 saturated carbocycles. The summed E-state index contributed by atoms with van der Waals surface area (Å²) in [6.45, 7) is -0.651. The standard InChI is InChI=1S/C15H15N3O4/c1-22-15(8-19)14(21)17-12(13(20)18-15)6-9-7-16-11-5-3-2-4-10(9)11/h2-7,16,19H,8H2,1H3,(H,17,21)(H,18,20)/b12-6-/t15-/m1/s1. The SMILES string of the molecule is CO[C@@]1(CO)NC(=O)/C(=C/c2c[nH]c3ccccc23)NC1=O. The lowest BCUT2D eigenvalue weighted by Crippen LogP contribution is -2.67. The number of H-pyrrole nitrogens is 1. The topological polar surface area (TPSA) is 103 Å². The number of carbonyl (C=O) groups excluding carboxylic acids is 2. The minimum absolute atomic E-state index is 0.0934. The van der Waals surface area contributed by atoms with E-state index in [4.69, 9.17) is 4.74 Å². The zero-order chi connectivity index (χ0) is 15.7. The second-order valence-electron chi connectivity index (χ2n) is 4.95. The highest BCUT2D eigenvalue weighted by Gasteiger charge is 2.45. The maximum atomic E-state index is 12.1. The molecule has 1 aliphatic heterocycles. The van der Waals surface area contributed by atoms with Gasteiger partial charge >= 0.3 is 0 Å². The van der Waals surface area contributed by atoms with Crippen LogP contribution >= 0.6 is 0 Å². The summed E-state index contributed by atoms with van der Waals surface area (Å²) in [7, 11) is 1.24. The molecule has 2 aromatic rings. The molecule has 7 heteroatoms. The number of aliphatic hydroxyl groups is 1. The van der Waals surface area contributed by atoms with Crippen LogP contribution in [0.2, 0.25) is 0 Å². The number of rotatable bonds is 3. The number of fused-ring (bicyclic) bond motifs is 1. The second-order valence-corrected chi connectivity index (χ2v) is 4.95. The van der Waals surface area contributed by atoms with Crippen molar-refractivity contribution in [2.24, 2.45) is 0 Å². The molecule has 1 aromatic heterocycles. The van der Waals surface area contributed by atoms with Crippen molar-refractivity contribution in [2.45, 2.75) is 5.72 Å². The first-order valence-corrected chi connectivity index (χ1v) is 6.67. The fraction of sp³-hybridized carbons (Fsp3) is 0.200. The Balaban J connectivity index is 1.96. The first-order chi connectivity index (χ1) is 10.6. The normalized spacial score (nSPS) is 23.6. The van der Waals surface area contributed by atoms with Crippen LogP contribution in [0.4, 0.5) is 0 Å². The van der Waals surface area contributed by atoms with E-state index < -0.39 is 24.1 Å². The predicted octanol–water partition coefficient (Wildman–Crippen LogP) is 0.0898. The van der Waals surface area contributed by atoms with Crippen LogP contribution in [0.15, 0.2) is 36.2 Å². The van der Waals surface area contributed by atoms with Crippen molar-refractivity contribution in [3.63, 3.8) is 0 Å². The Morgan fingerprint density at radius 2 is 2.09 bits per heavy atom. The summed E-state index contributed by atoms with van der Waals surface area (Å²) < 4.78 is 4.94. The summed E-state index contributed by atoms with van der Waals surface area (Å²) in [4.78, 5) is 27.3. The van der Waals surface area contributed by atoms with Crippen LogP contribution in [0.3, 0.4) is 0 Å². The van der Waals surface area contributed by atoms with Gasteiger partial charge in [-0.3, -0.25) is 9.59 Å². The number of para-hydroxylation sites is 1. The molecule has 7 nitrogen and oxygen atoms in total. The number of aromatic amines is 1. The molecule has 1 saturated heterocycles. The van der Waals surface area contributed by atoms with Crippen molar-refractivity contribution < 1.29 is 19.4 Å². The van der Waals surface area contributed by atoms with E-state index in [-0.39, 0.29) is 5.70 Å². The number of ether oxygens (including phenoxy) is 1. The molecule has 1 fully saturated rings. The molecule has 22 heavy (non-hydrogen) atoms. The Labute approximate surface area is 126 Å². The highest BCUT2D eigenvalue weighted by atomic mass is 16.5. The van der Waals surface area contributed by atoms with Crippen LogP contribution in [0.5, 0.6) is 0 Å². The van der Waals surface area contributed by atoms with Gasteiger partial charge in [0, 0.05) is 29.8 Å². The van der Waals surface area contributed by atoms with Crippen molar-refractivity contribution in [3.05, 3.63) is 41.7 Å². The van der Waals surface area contributed by atoms with Crippen LogP contribution in [0.25, 0.3) is 17.0 Å². The van der Waals surface area contributed by atoms with Gasteiger partial charge in [-0.1, -0.05) is 18.2 Å². The van der Waals surface area contributed by atoms with E-state index in [1.165, 1.54) is 7.11 Å². The van der Waals surface area contributed by atoms with Crippen molar-refractivity contribution in [3.8, 4) is 0 Å². The van der Waals surface area contributed by atoms with Gasteiger partial charge in [0.25, 0.3) is 11.8 Å². The fourth-order valence-electron chi connectivity index (χ4n) is 2.38. The molecule has 4 N–H and O–H groups in total. The third-order valence-electron chi connectivity index (χ3n) is 3.67. The highest BCUT2D eigenvalue weighted by Crippen LogP contribution is 2.21. The number of hydrogen-bond donors (Lipinski definition) is 4. The average molecular weight is 301 g/mol. The molecule has 2 amide bonds. The third-order valence-corrected chi connectivity index (χ3v) is 3.67. The van der Waals surface area contributed by atoms with E-state index >= 15 is 0 Å². The molecule has 3 rings (SSSR count). The lowest BCUT2D eigenvalue weighted by molar-refractivity contribution is -0.162. The first kappa shape index (κ1) is 14.3. The van der Waals surface area contributed by atoms with Gasteiger partial charge in [0.1, 0.15) is 12.3 Å². The Kier molecular flexibility index (Phi) is 3.44. The van der Waals surface area contributed by atoms with Gasteiger partial charge in [-0.2, -0.15) is 0 Å². The van der Waals surface area contributed by atoms with E-state index in [9.17, 15) is 14.7 Å². The summed E-state index contributed by atoms with van der Waals surface area (Å²) in [5.74, 6) is -1.15. The van der Waals surface area contributed by atoms with Crippen molar-refractivity contribution >= 4 is 28.8 Å². The van der Waals surface area contributed by atoms with Crippen LogP contribution < -0.4 is 10.6 Å². The van der Waals surface area contributed by atoms with Crippen molar-refractivity contribution in [1.82, 2.24) is 15.6 Å². The van der Waals surface area contributed by atoms with Gasteiger partial charge in [-0.15, -0.1) is 0 Å². The van der Waals surface area contributed by atoms with Crippen LogP contribution in [-0.2, 0) is 14.3 Å². The minimum Gasteiger partial charge on any atom is -0.391 e. The summed E-state index contributed by atoms with van der Waals surface area (Å²) >= 11 is 0. The first-order valence-electron chi connectivity index (χ1n) is 6.67. The van der Waals surface area contributed by atoms with Gasteiger partial charge in [-0.25, -0.2) is 0 Å². The molecular formula is C15H15N3O4. The zero-order valence-electron chi connectivity index (χ0n) is 11.8. The Bertz CT molecular complexity index is 774. The molecule has 1 atom stereocenters. The monoisotopic (exact) mass is 301 g/mol. The molecule has 2 heterocycles. The van der Waals surface area contributed by atoms with Gasteiger partial charge in [0.15, 0.2) is 0 Å². The Morgan fingerprint density at radius 3 is 2.82 bits per heavy atom. The molecule has 114 valence electrons. The number of benzene rings is 1. The second kappa shape index (κ2) is 5.28. The molecule has 0 aliphatic carbocycles. The number of nitrogens with one attached hydrogen (secondary N) is 3. The van der Waals surface area contributed by atoms with Crippen LogP contribution in [-0.4, -0.2) is 41.3 Å². The summed E-state index contributed by atoms with van der Waals surface area (Å²) in [5.41, 5.74) is 0.0542. The fourth-order valence-corrected chi connectivity index (χ4v) is 2.38. The van der Waals surface area contributed by atoms with E-state index in [1.54, 1.807) is 12.3 Å². The Morgan fingerprint density at radius 1 is 1.32 bits per heavy atom. The average Bonchev–Trinajstić information content (AvgIpc) is 2.94. The summed E-state index contributed by atoms with van der Waals surface area (Å²) in [6, 6.07) is 7.62. The Hall–Kier alpha value is -2.64. The molecule has 1 aliphatic rings. The van der Waals surface area contributed by atoms with Gasteiger partial charge in [0.2, 0.25) is 5.72 Å². The maximum Gasteiger partial charge on any atom is 0.280 e. The van der Waals surface area contributed by atoms with Crippen molar-refractivity contribution in [1.29, 1.82) is 0 Å². The number of methoxy groups -OCH3 is 1. The third kappa shape index (κ3) is 2.16. The number of aliphatic hydroxyl groups excluding tert-OH is 1. The van der Waals surface area contributed by atoms with E-state index in [2.05, 4.69) is 15.6 Å². The number of carbonyl (C=O) groups is 2. The molecule has 0 bridgehead atoms. The lowest BCUT2D eigenvalue weighted by Gasteiger charge is -2.34. The van der Waals surface area contributed by atoms with E-state index in [0.29, 0.717) is 0 Å². The molecule has 0 radical (unpaired) electrons. The highest BCUT2D eigenvalue weighted by molar-refractivity contribution is 6.09. The van der Waals surface area contributed by atoms with Gasteiger partial charge < -0.3 is 25.5 Å². The number of amides is 2. The molecule has 1 aromatic carbocycles. The summed E-state index contributed by atoms with van der Waals surface area (Å²) in [5, 5.41) is 15.1. The van der Waals surface area contributed by atoms with Gasteiger partial charge in [0.05, 0.1) is 0 Å². The number of aromatic nitrogens is 1. The zero-order valence-corrected chi connectivity index (χ0v) is 11.8. The van der Waals surface area contributed by atoms with Crippen molar-refractivity contribution in [2.75, 3.05) is 13.7 Å². The van der Waals surface area contributed by atoms with E-state index in [1.807, 2.05) is 24.3 Å². The molecule has 0 spiro atoms. The quantitative estimate of drug-likeness (QED) is 0.603. The maximum absolute atomic E-state index is 12.1. The minimum atomic E-state index is -1.74. The number of piperazine rings is 1. The van der Waals surface area contributed by atoms with Crippen LogP contribution in [0, 0.1) is 0 Å². The van der Waals surface area contributed by atoms with Gasteiger partial charge in [-0.05, 0) is 12.1 Å².